The van der Waals surface area contributed by atoms with E-state index in [0.717, 1.165) is 0 Å². The average Bonchev–Trinajstić information content (AvgIpc) is 2.44. The molecule has 3 N–H and O–H groups in total. The molecular weight excluding hydrogens is 261 g/mol. The largest absolute Gasteiger partial charge is 0.465 e. The topological polar surface area (TPSA) is 77.2 Å². The van der Waals surface area contributed by atoms with Gasteiger partial charge in [-0.1, -0.05) is 6.07 Å². The molecule has 1 aromatic carbocycles. The maximum Gasteiger partial charge on any atom is 0.340 e. The van der Waals surface area contributed by atoms with Crippen molar-refractivity contribution >= 4 is 23.2 Å². The lowest BCUT2D eigenvalue weighted by Gasteiger charge is -2.11. The quantitative estimate of drug-likeness (QED) is 0.842. The van der Waals surface area contributed by atoms with Gasteiger partial charge in [-0.2, -0.15) is 0 Å². The van der Waals surface area contributed by atoms with E-state index in [1.165, 1.54) is 25.4 Å². The van der Waals surface area contributed by atoms with Crippen molar-refractivity contribution in [2.24, 2.45) is 0 Å². The summed E-state index contributed by atoms with van der Waals surface area (Å²) in [4.78, 5) is 15.6. The van der Waals surface area contributed by atoms with Crippen LogP contribution >= 0.6 is 0 Å². The van der Waals surface area contributed by atoms with Crippen LogP contribution in [0.5, 0.6) is 0 Å². The Kier molecular flexibility index (Phi) is 3.84. The molecule has 2 rings (SSSR count). The monoisotopic (exact) mass is 275 g/mol. The highest BCUT2D eigenvalue weighted by molar-refractivity contribution is 5.97. The van der Waals surface area contributed by atoms with Crippen molar-refractivity contribution in [3.05, 3.63) is 47.4 Å². The van der Waals surface area contributed by atoms with Crippen molar-refractivity contribution in [1.29, 1.82) is 0 Å². The summed E-state index contributed by atoms with van der Waals surface area (Å²) >= 11 is 0. The summed E-state index contributed by atoms with van der Waals surface area (Å²) in [7, 11) is 1.27. The minimum absolute atomic E-state index is 0.153. The summed E-state index contributed by atoms with van der Waals surface area (Å²) in [6.07, 6.45) is 1.43. The fourth-order valence-electron chi connectivity index (χ4n) is 1.67. The smallest absolute Gasteiger partial charge is 0.340 e. The molecule has 0 fully saturated rings. The number of benzene rings is 1. The number of carbonyl (C=O) groups is 1. The number of esters is 1. The van der Waals surface area contributed by atoms with Gasteiger partial charge >= 0.3 is 5.97 Å². The van der Waals surface area contributed by atoms with E-state index >= 15 is 0 Å². The molecule has 0 saturated heterocycles. The van der Waals surface area contributed by atoms with Crippen LogP contribution in [-0.4, -0.2) is 18.1 Å². The predicted molar refractivity (Wildman–Crippen MR) is 74.4 cm³/mol. The zero-order valence-corrected chi connectivity index (χ0v) is 11.1. The number of hydrogen-bond donors (Lipinski definition) is 2. The SMILES string of the molecule is COC(=O)c1ccnc(Nc2ccc(C)c(F)c2)c1N. The normalized spacial score (nSPS) is 10.2. The molecule has 0 radical (unpaired) electrons. The van der Waals surface area contributed by atoms with Crippen molar-refractivity contribution in [1.82, 2.24) is 4.98 Å². The molecule has 0 aliphatic carbocycles. The second-order valence-electron chi connectivity index (χ2n) is 4.20. The first-order chi connectivity index (χ1) is 9.52. The van der Waals surface area contributed by atoms with Gasteiger partial charge in [0.2, 0.25) is 0 Å². The summed E-state index contributed by atoms with van der Waals surface area (Å²) in [6.45, 7) is 1.67. The van der Waals surface area contributed by atoms with E-state index in [0.29, 0.717) is 11.3 Å². The Labute approximate surface area is 115 Å². The predicted octanol–water partition coefficient (Wildman–Crippen LogP) is 2.64. The molecule has 2 aromatic rings. The van der Waals surface area contributed by atoms with Gasteiger partial charge in [-0.25, -0.2) is 14.2 Å². The number of nitrogens with one attached hydrogen (secondary N) is 1. The van der Waals surface area contributed by atoms with E-state index < -0.39 is 5.97 Å². The van der Waals surface area contributed by atoms with Crippen molar-refractivity contribution in [2.75, 3.05) is 18.2 Å². The number of rotatable bonds is 3. The fraction of sp³-hybridized carbons (Fsp3) is 0.143. The van der Waals surface area contributed by atoms with Crippen LogP contribution in [0.2, 0.25) is 0 Å². The number of anilines is 3. The maximum atomic E-state index is 13.5. The first-order valence-electron chi connectivity index (χ1n) is 5.89. The van der Waals surface area contributed by atoms with Gasteiger partial charge < -0.3 is 15.8 Å². The molecule has 0 bridgehead atoms. The Morgan fingerprint density at radius 3 is 2.80 bits per heavy atom. The summed E-state index contributed by atoms with van der Waals surface area (Å²) in [5.41, 5.74) is 7.25. The Balaban J connectivity index is 2.34. The van der Waals surface area contributed by atoms with E-state index in [2.05, 4.69) is 15.0 Å². The van der Waals surface area contributed by atoms with Gasteiger partial charge in [0, 0.05) is 11.9 Å². The number of aryl methyl sites for hydroxylation is 1. The number of halogens is 1. The zero-order chi connectivity index (χ0) is 14.7. The van der Waals surface area contributed by atoms with Gasteiger partial charge in [0.05, 0.1) is 18.4 Å². The minimum Gasteiger partial charge on any atom is -0.465 e. The first kappa shape index (κ1) is 13.8. The average molecular weight is 275 g/mol. The van der Waals surface area contributed by atoms with Crippen LogP contribution in [0.4, 0.5) is 21.6 Å². The molecule has 1 heterocycles. The van der Waals surface area contributed by atoms with Crippen LogP contribution in [-0.2, 0) is 4.74 Å². The molecule has 0 unspecified atom stereocenters. The number of aromatic nitrogens is 1. The highest BCUT2D eigenvalue weighted by Crippen LogP contribution is 2.25. The third-order valence-corrected chi connectivity index (χ3v) is 2.83. The van der Waals surface area contributed by atoms with Gasteiger partial charge in [-0.05, 0) is 30.7 Å². The number of carbonyl (C=O) groups excluding carboxylic acids is 1. The Bertz CT molecular complexity index is 659. The van der Waals surface area contributed by atoms with Gasteiger partial charge in [-0.3, -0.25) is 0 Å². The Hall–Kier alpha value is -2.63. The lowest BCUT2D eigenvalue weighted by molar-refractivity contribution is 0.0602. The highest BCUT2D eigenvalue weighted by atomic mass is 19.1. The maximum absolute atomic E-state index is 13.5. The standard InChI is InChI=1S/C14H14FN3O2/c1-8-3-4-9(7-11(8)15)18-13-12(16)10(5-6-17-13)14(19)20-2/h3-7H,16H2,1-2H3,(H,17,18). The van der Waals surface area contributed by atoms with Gasteiger partial charge in [0.25, 0.3) is 0 Å². The van der Waals surface area contributed by atoms with Crippen LogP contribution in [0.3, 0.4) is 0 Å². The zero-order valence-electron chi connectivity index (χ0n) is 11.1. The number of methoxy groups -OCH3 is 1. The lowest BCUT2D eigenvalue weighted by Crippen LogP contribution is -2.09. The summed E-state index contributed by atoms with van der Waals surface area (Å²) in [6, 6.07) is 6.13. The van der Waals surface area contributed by atoms with E-state index in [-0.39, 0.29) is 22.9 Å². The highest BCUT2D eigenvalue weighted by Gasteiger charge is 2.14. The Morgan fingerprint density at radius 1 is 1.40 bits per heavy atom. The summed E-state index contributed by atoms with van der Waals surface area (Å²) in [5.74, 6) is -0.614. The minimum atomic E-state index is -0.553. The van der Waals surface area contributed by atoms with E-state index in [1.807, 2.05) is 0 Å². The van der Waals surface area contributed by atoms with Crippen molar-refractivity contribution in [3.63, 3.8) is 0 Å². The van der Waals surface area contributed by atoms with Crippen LogP contribution < -0.4 is 11.1 Å². The molecular formula is C14H14FN3O2. The van der Waals surface area contributed by atoms with E-state index in [9.17, 15) is 9.18 Å². The van der Waals surface area contributed by atoms with E-state index in [1.54, 1.807) is 19.1 Å². The first-order valence-corrected chi connectivity index (χ1v) is 5.89. The number of nitrogens with zero attached hydrogens (tertiary/aromatic N) is 1. The molecule has 0 aliphatic rings. The van der Waals surface area contributed by atoms with Crippen LogP contribution in [0.25, 0.3) is 0 Å². The molecule has 104 valence electrons. The summed E-state index contributed by atoms with van der Waals surface area (Å²) < 4.78 is 18.1. The lowest BCUT2D eigenvalue weighted by atomic mass is 10.2. The molecule has 20 heavy (non-hydrogen) atoms. The molecule has 0 atom stereocenters. The number of ether oxygens (including phenoxy) is 1. The molecule has 0 amide bonds. The number of pyridine rings is 1. The van der Waals surface area contributed by atoms with Gasteiger partial charge in [-0.15, -0.1) is 0 Å². The molecule has 5 nitrogen and oxygen atoms in total. The third kappa shape index (κ3) is 2.69. The molecule has 0 saturated carbocycles. The fourth-order valence-corrected chi connectivity index (χ4v) is 1.67. The second-order valence-corrected chi connectivity index (χ2v) is 4.20. The van der Waals surface area contributed by atoms with Crippen LogP contribution in [0.1, 0.15) is 15.9 Å². The van der Waals surface area contributed by atoms with Gasteiger partial charge in [0.1, 0.15) is 5.82 Å². The summed E-state index contributed by atoms with van der Waals surface area (Å²) in [5, 5.41) is 2.88. The van der Waals surface area contributed by atoms with Crippen molar-refractivity contribution < 1.29 is 13.9 Å². The van der Waals surface area contributed by atoms with E-state index in [4.69, 9.17) is 5.73 Å². The number of hydrogen-bond acceptors (Lipinski definition) is 5. The molecule has 0 spiro atoms. The Morgan fingerprint density at radius 2 is 2.15 bits per heavy atom. The number of nitrogen functional groups attached to an aromatic ring is 1. The molecule has 0 aliphatic heterocycles. The van der Waals surface area contributed by atoms with Crippen molar-refractivity contribution in [2.45, 2.75) is 6.92 Å². The number of nitrogens with two attached hydrogens (primary N) is 1. The molecule has 1 aromatic heterocycles. The molecule has 6 heteroatoms. The van der Waals surface area contributed by atoms with Crippen LogP contribution in [0, 0.1) is 12.7 Å². The van der Waals surface area contributed by atoms with Crippen molar-refractivity contribution in [3.8, 4) is 0 Å². The third-order valence-electron chi connectivity index (χ3n) is 2.83. The van der Waals surface area contributed by atoms with Gasteiger partial charge in [0.15, 0.2) is 5.82 Å². The van der Waals surface area contributed by atoms with Crippen LogP contribution in [0.15, 0.2) is 30.5 Å². The second kappa shape index (κ2) is 5.56.